The van der Waals surface area contributed by atoms with Gasteiger partial charge in [-0.3, -0.25) is 4.90 Å². The van der Waals surface area contributed by atoms with Crippen molar-refractivity contribution in [2.45, 2.75) is 65.5 Å². The van der Waals surface area contributed by atoms with E-state index >= 15 is 0 Å². The van der Waals surface area contributed by atoms with Gasteiger partial charge in [0, 0.05) is 11.1 Å². The van der Waals surface area contributed by atoms with Crippen LogP contribution in [-0.2, 0) is 0 Å². The Kier molecular flexibility index (Phi) is 1.91. The van der Waals surface area contributed by atoms with E-state index in [-0.39, 0.29) is 0 Å². The summed E-state index contributed by atoms with van der Waals surface area (Å²) in [5, 5.41) is 0. The van der Waals surface area contributed by atoms with Gasteiger partial charge in [-0.25, -0.2) is 0 Å². The predicted molar refractivity (Wildman–Crippen MR) is 61.4 cm³/mol. The Morgan fingerprint density at radius 2 is 1.64 bits per heavy atom. The molecule has 1 unspecified atom stereocenters. The van der Waals surface area contributed by atoms with Gasteiger partial charge >= 0.3 is 0 Å². The molecule has 0 aromatic heterocycles. The second-order valence-electron chi connectivity index (χ2n) is 7.19. The summed E-state index contributed by atoms with van der Waals surface area (Å²) in [6.07, 6.45) is 2.86. The molecule has 2 fully saturated rings. The number of fused-ring (bicyclic) bond motifs is 1. The molecule has 1 saturated heterocycles. The molecule has 0 spiro atoms. The van der Waals surface area contributed by atoms with Gasteiger partial charge in [0.1, 0.15) is 0 Å². The van der Waals surface area contributed by atoms with Crippen LogP contribution in [0.15, 0.2) is 0 Å². The minimum atomic E-state index is 0.346. The van der Waals surface area contributed by atoms with Gasteiger partial charge in [0.25, 0.3) is 0 Å². The highest BCUT2D eigenvalue weighted by molar-refractivity contribution is 5.22. The number of rotatable bonds is 0. The lowest BCUT2D eigenvalue weighted by Crippen LogP contribution is -2.53. The van der Waals surface area contributed by atoms with Gasteiger partial charge in [0.2, 0.25) is 0 Å². The van der Waals surface area contributed by atoms with E-state index in [2.05, 4.69) is 46.4 Å². The molecular weight excluding hydrogens is 170 g/mol. The summed E-state index contributed by atoms with van der Waals surface area (Å²) in [6.45, 7) is 15.6. The molecule has 14 heavy (non-hydrogen) atoms. The van der Waals surface area contributed by atoms with Crippen molar-refractivity contribution in [3.63, 3.8) is 0 Å². The molecule has 1 heteroatoms. The Balaban J connectivity index is 2.29. The van der Waals surface area contributed by atoms with Crippen LogP contribution >= 0.6 is 0 Å². The molecule has 1 aliphatic carbocycles. The largest absolute Gasteiger partial charge is 0.292 e. The van der Waals surface area contributed by atoms with Crippen LogP contribution in [0.4, 0.5) is 0 Å². The topological polar surface area (TPSA) is 3.24 Å². The summed E-state index contributed by atoms with van der Waals surface area (Å²) in [7, 11) is 0. The third kappa shape index (κ3) is 1.18. The van der Waals surface area contributed by atoms with Crippen LogP contribution in [0.3, 0.4) is 0 Å². The van der Waals surface area contributed by atoms with Crippen molar-refractivity contribution >= 4 is 0 Å². The first-order valence-corrected chi connectivity index (χ1v) is 5.97. The predicted octanol–water partition coefficient (Wildman–Crippen LogP) is 3.30. The molecule has 1 nitrogen and oxygen atoms in total. The zero-order chi connectivity index (χ0) is 10.8. The second-order valence-corrected chi connectivity index (χ2v) is 7.19. The lowest BCUT2D eigenvalue weighted by molar-refractivity contribution is 0.0236. The standard InChI is InChI=1S/C13H25N/c1-11(2,3)13-9-10(13)7-8-14(13)12(4,5)6/h10H,7-9H2,1-6H3/t10-,13?/m1/s1. The highest BCUT2D eigenvalue weighted by Crippen LogP contribution is 2.65. The molecular formula is C13H25N. The molecule has 2 rings (SSSR count). The van der Waals surface area contributed by atoms with E-state index in [1.165, 1.54) is 19.4 Å². The second kappa shape index (κ2) is 2.55. The number of likely N-dealkylation sites (tertiary alicyclic amines) is 1. The maximum Gasteiger partial charge on any atom is 0.0295 e. The number of hydrogen-bond donors (Lipinski definition) is 0. The lowest BCUT2D eigenvalue weighted by atomic mass is 9.80. The first-order valence-electron chi connectivity index (χ1n) is 5.97. The Morgan fingerprint density at radius 1 is 1.07 bits per heavy atom. The first-order chi connectivity index (χ1) is 6.19. The first kappa shape index (κ1) is 10.5. The van der Waals surface area contributed by atoms with E-state index < -0.39 is 0 Å². The van der Waals surface area contributed by atoms with E-state index in [1.54, 1.807) is 0 Å². The fourth-order valence-corrected chi connectivity index (χ4v) is 3.73. The van der Waals surface area contributed by atoms with E-state index in [9.17, 15) is 0 Å². The van der Waals surface area contributed by atoms with Crippen LogP contribution in [0.1, 0.15) is 54.4 Å². The molecule has 0 N–H and O–H groups in total. The third-order valence-corrected chi connectivity index (χ3v) is 4.36. The summed E-state index contributed by atoms with van der Waals surface area (Å²) in [4.78, 5) is 2.77. The Bertz CT molecular complexity index is 243. The van der Waals surface area contributed by atoms with Crippen molar-refractivity contribution in [2.24, 2.45) is 11.3 Å². The quantitative estimate of drug-likeness (QED) is 0.573. The minimum Gasteiger partial charge on any atom is -0.292 e. The zero-order valence-corrected chi connectivity index (χ0v) is 10.6. The summed E-state index contributed by atoms with van der Waals surface area (Å²) in [5.41, 5.74) is 1.32. The van der Waals surface area contributed by atoms with E-state index in [0.29, 0.717) is 16.5 Å². The molecule has 1 saturated carbocycles. The fraction of sp³-hybridized carbons (Fsp3) is 1.00. The molecule has 1 heterocycles. The summed E-state index contributed by atoms with van der Waals surface area (Å²) < 4.78 is 0. The average Bonchev–Trinajstić information content (AvgIpc) is 2.54. The van der Waals surface area contributed by atoms with E-state index in [0.717, 1.165) is 5.92 Å². The van der Waals surface area contributed by atoms with Crippen LogP contribution in [0.5, 0.6) is 0 Å². The average molecular weight is 195 g/mol. The molecule has 2 aliphatic rings. The van der Waals surface area contributed by atoms with Gasteiger partial charge in [0.05, 0.1) is 0 Å². The van der Waals surface area contributed by atoms with Gasteiger partial charge < -0.3 is 0 Å². The molecule has 0 aromatic carbocycles. The highest BCUT2D eigenvalue weighted by atomic mass is 15.3. The number of piperidine rings is 1. The summed E-state index contributed by atoms with van der Waals surface area (Å²) >= 11 is 0. The van der Waals surface area contributed by atoms with Crippen LogP contribution in [0, 0.1) is 11.3 Å². The van der Waals surface area contributed by atoms with Crippen LogP contribution in [-0.4, -0.2) is 22.5 Å². The minimum absolute atomic E-state index is 0.346. The lowest BCUT2D eigenvalue weighted by Gasteiger charge is -2.46. The molecule has 0 amide bonds. The Morgan fingerprint density at radius 3 is 1.93 bits per heavy atom. The fourth-order valence-electron chi connectivity index (χ4n) is 3.73. The van der Waals surface area contributed by atoms with Crippen molar-refractivity contribution in [1.29, 1.82) is 0 Å². The van der Waals surface area contributed by atoms with Crippen LogP contribution in [0.2, 0.25) is 0 Å². The van der Waals surface area contributed by atoms with Crippen molar-refractivity contribution in [3.8, 4) is 0 Å². The molecule has 0 bridgehead atoms. The summed E-state index contributed by atoms with van der Waals surface area (Å²) in [5.74, 6) is 0.988. The normalized spacial score (nSPS) is 38.6. The maximum absolute atomic E-state index is 2.77. The van der Waals surface area contributed by atoms with E-state index in [4.69, 9.17) is 0 Å². The van der Waals surface area contributed by atoms with Crippen molar-refractivity contribution in [2.75, 3.05) is 6.54 Å². The SMILES string of the molecule is CC(C)(C)N1CC[C@@H]2CC21C(C)(C)C. The smallest absolute Gasteiger partial charge is 0.0295 e. The van der Waals surface area contributed by atoms with Gasteiger partial charge in [-0.1, -0.05) is 20.8 Å². The molecule has 0 aromatic rings. The Labute approximate surface area is 88.9 Å². The number of nitrogens with zero attached hydrogens (tertiary/aromatic N) is 1. The van der Waals surface area contributed by atoms with Gasteiger partial charge in [-0.2, -0.15) is 0 Å². The summed E-state index contributed by atoms with van der Waals surface area (Å²) in [6, 6.07) is 0. The van der Waals surface area contributed by atoms with E-state index in [1.807, 2.05) is 0 Å². The van der Waals surface area contributed by atoms with Gasteiger partial charge in [-0.05, 0) is 51.5 Å². The third-order valence-electron chi connectivity index (χ3n) is 4.36. The number of hydrogen-bond acceptors (Lipinski definition) is 1. The van der Waals surface area contributed by atoms with Gasteiger partial charge in [0.15, 0.2) is 0 Å². The highest BCUT2D eigenvalue weighted by Gasteiger charge is 2.68. The van der Waals surface area contributed by atoms with Crippen LogP contribution in [0.25, 0.3) is 0 Å². The Hall–Kier alpha value is -0.0400. The van der Waals surface area contributed by atoms with Crippen molar-refractivity contribution in [3.05, 3.63) is 0 Å². The molecule has 1 aliphatic heterocycles. The monoisotopic (exact) mass is 195 g/mol. The van der Waals surface area contributed by atoms with Crippen molar-refractivity contribution < 1.29 is 0 Å². The maximum atomic E-state index is 2.77. The molecule has 2 atom stereocenters. The van der Waals surface area contributed by atoms with Crippen LogP contribution < -0.4 is 0 Å². The van der Waals surface area contributed by atoms with Gasteiger partial charge in [-0.15, -0.1) is 0 Å². The molecule has 82 valence electrons. The zero-order valence-electron chi connectivity index (χ0n) is 10.6. The molecule has 0 radical (unpaired) electrons. The van der Waals surface area contributed by atoms with Crippen molar-refractivity contribution in [1.82, 2.24) is 4.90 Å².